The van der Waals surface area contributed by atoms with Gasteiger partial charge in [0, 0.05) is 6.54 Å². The zero-order valence-corrected chi connectivity index (χ0v) is 8.82. The van der Waals surface area contributed by atoms with Gasteiger partial charge in [0.2, 0.25) is 0 Å². The lowest BCUT2D eigenvalue weighted by atomic mass is 9.97. The van der Waals surface area contributed by atoms with Gasteiger partial charge in [0.25, 0.3) is 0 Å². The molecule has 1 fully saturated rings. The number of carboxylic acid groups (broad SMARTS) is 1. The van der Waals surface area contributed by atoms with Gasteiger partial charge in [-0.05, 0) is 36.0 Å². The summed E-state index contributed by atoms with van der Waals surface area (Å²) in [7, 11) is 0. The van der Waals surface area contributed by atoms with Gasteiger partial charge in [-0.2, -0.15) is 0 Å². The number of carboxylic acids is 1. The minimum Gasteiger partial charge on any atom is -0.481 e. The quantitative estimate of drug-likeness (QED) is 0.818. The summed E-state index contributed by atoms with van der Waals surface area (Å²) in [4.78, 5) is 10.9. The van der Waals surface area contributed by atoms with E-state index < -0.39 is 11.9 Å². The van der Waals surface area contributed by atoms with Gasteiger partial charge in [0.1, 0.15) is 5.82 Å². The molecule has 3 nitrogen and oxygen atoms in total. The van der Waals surface area contributed by atoms with Crippen molar-refractivity contribution in [1.82, 2.24) is 0 Å². The van der Waals surface area contributed by atoms with Crippen molar-refractivity contribution < 1.29 is 14.3 Å². The van der Waals surface area contributed by atoms with Crippen LogP contribution in [0.5, 0.6) is 0 Å². The number of benzene rings is 1. The topological polar surface area (TPSA) is 63.3 Å². The maximum absolute atomic E-state index is 13.7. The Morgan fingerprint density at radius 1 is 1.56 bits per heavy atom. The fraction of sp³-hybridized carbons (Fsp3) is 0.417. The molecule has 2 rings (SSSR count). The van der Waals surface area contributed by atoms with Gasteiger partial charge in [-0.3, -0.25) is 4.79 Å². The molecule has 1 atom stereocenters. The molecule has 16 heavy (non-hydrogen) atoms. The summed E-state index contributed by atoms with van der Waals surface area (Å²) in [6.45, 7) is -0.0163. The molecule has 1 aliphatic carbocycles. The Balaban J connectivity index is 2.28. The van der Waals surface area contributed by atoms with Crippen molar-refractivity contribution in [3.63, 3.8) is 0 Å². The van der Waals surface area contributed by atoms with Crippen LogP contribution in [0.4, 0.5) is 4.39 Å². The van der Waals surface area contributed by atoms with Crippen molar-refractivity contribution in [3.05, 3.63) is 35.1 Å². The third kappa shape index (κ3) is 2.07. The van der Waals surface area contributed by atoms with E-state index in [9.17, 15) is 9.18 Å². The Morgan fingerprint density at radius 3 is 2.69 bits per heavy atom. The summed E-state index contributed by atoms with van der Waals surface area (Å²) in [5, 5.41) is 8.91. The van der Waals surface area contributed by atoms with Crippen LogP contribution in [0, 0.1) is 5.82 Å². The van der Waals surface area contributed by atoms with Crippen LogP contribution in [0.3, 0.4) is 0 Å². The average molecular weight is 223 g/mol. The van der Waals surface area contributed by atoms with E-state index >= 15 is 0 Å². The third-order valence-corrected chi connectivity index (χ3v) is 2.98. The second kappa shape index (κ2) is 4.22. The maximum atomic E-state index is 13.7. The zero-order chi connectivity index (χ0) is 11.7. The lowest BCUT2D eigenvalue weighted by molar-refractivity contribution is -0.138. The summed E-state index contributed by atoms with van der Waals surface area (Å²) in [5.74, 6) is -1.81. The van der Waals surface area contributed by atoms with E-state index in [0.717, 1.165) is 12.8 Å². The molecular formula is C12H14FNO2. The number of carbonyl (C=O) groups is 1. The van der Waals surface area contributed by atoms with Crippen LogP contribution in [-0.4, -0.2) is 17.6 Å². The number of hydrogen-bond acceptors (Lipinski definition) is 2. The maximum Gasteiger partial charge on any atom is 0.312 e. The molecule has 3 N–H and O–H groups in total. The monoisotopic (exact) mass is 223 g/mol. The fourth-order valence-electron chi connectivity index (χ4n) is 1.87. The molecular weight excluding hydrogens is 209 g/mol. The summed E-state index contributed by atoms with van der Waals surface area (Å²) < 4.78 is 13.7. The molecule has 0 amide bonds. The van der Waals surface area contributed by atoms with Crippen molar-refractivity contribution in [2.45, 2.75) is 24.7 Å². The number of hydrogen-bond donors (Lipinski definition) is 2. The van der Waals surface area contributed by atoms with E-state index in [1.165, 1.54) is 6.07 Å². The molecule has 0 saturated heterocycles. The largest absolute Gasteiger partial charge is 0.481 e. The third-order valence-electron chi connectivity index (χ3n) is 2.98. The number of halogens is 1. The molecule has 1 aromatic carbocycles. The van der Waals surface area contributed by atoms with Gasteiger partial charge < -0.3 is 10.8 Å². The smallest absolute Gasteiger partial charge is 0.312 e. The predicted molar refractivity (Wildman–Crippen MR) is 57.8 cm³/mol. The van der Waals surface area contributed by atoms with Crippen molar-refractivity contribution in [1.29, 1.82) is 0 Å². The lowest BCUT2D eigenvalue weighted by Crippen LogP contribution is -2.21. The van der Waals surface area contributed by atoms with E-state index in [1.807, 2.05) is 0 Å². The molecule has 4 heteroatoms. The van der Waals surface area contributed by atoms with E-state index in [-0.39, 0.29) is 12.4 Å². The highest BCUT2D eigenvalue weighted by Crippen LogP contribution is 2.41. The number of aliphatic carboxylic acids is 1. The van der Waals surface area contributed by atoms with Crippen LogP contribution in [-0.2, 0) is 4.79 Å². The van der Waals surface area contributed by atoms with Crippen molar-refractivity contribution in [2.24, 2.45) is 5.73 Å². The molecule has 1 aromatic rings. The highest BCUT2D eigenvalue weighted by Gasteiger charge is 2.27. The van der Waals surface area contributed by atoms with Crippen LogP contribution in [0.15, 0.2) is 18.2 Å². The summed E-state index contributed by atoms with van der Waals surface area (Å²) in [6.07, 6.45) is 2.05. The lowest BCUT2D eigenvalue weighted by Gasteiger charge is -2.11. The first-order valence-corrected chi connectivity index (χ1v) is 5.35. The van der Waals surface area contributed by atoms with Crippen LogP contribution in [0.1, 0.15) is 35.8 Å². The SMILES string of the molecule is NCC(C(=O)O)c1ccc(C2CC2)c(F)c1. The highest BCUT2D eigenvalue weighted by atomic mass is 19.1. The Kier molecular flexibility index (Phi) is 2.92. The Bertz CT molecular complexity index is 415. The molecule has 0 radical (unpaired) electrons. The first-order valence-electron chi connectivity index (χ1n) is 5.35. The summed E-state index contributed by atoms with van der Waals surface area (Å²) >= 11 is 0. The molecule has 0 bridgehead atoms. The first-order chi connectivity index (χ1) is 7.63. The van der Waals surface area contributed by atoms with E-state index in [4.69, 9.17) is 10.8 Å². The number of rotatable bonds is 4. The number of nitrogens with two attached hydrogens (primary N) is 1. The van der Waals surface area contributed by atoms with Gasteiger partial charge in [0.15, 0.2) is 0 Å². The molecule has 0 aliphatic heterocycles. The molecule has 1 saturated carbocycles. The standard InChI is InChI=1S/C12H14FNO2/c13-11-5-8(10(6-14)12(15)16)3-4-9(11)7-1-2-7/h3-5,7,10H,1-2,6,14H2,(H,15,16). The van der Waals surface area contributed by atoms with Crippen molar-refractivity contribution in [3.8, 4) is 0 Å². The van der Waals surface area contributed by atoms with Crippen molar-refractivity contribution in [2.75, 3.05) is 6.54 Å². The Labute approximate surface area is 93.1 Å². The summed E-state index contributed by atoms with van der Waals surface area (Å²) in [6, 6.07) is 4.66. The van der Waals surface area contributed by atoms with Gasteiger partial charge in [0.05, 0.1) is 5.92 Å². The van der Waals surface area contributed by atoms with Crippen LogP contribution in [0.25, 0.3) is 0 Å². The van der Waals surface area contributed by atoms with Gasteiger partial charge in [-0.1, -0.05) is 12.1 Å². The van der Waals surface area contributed by atoms with Gasteiger partial charge in [-0.25, -0.2) is 4.39 Å². The minimum absolute atomic E-state index is 0.0163. The van der Waals surface area contributed by atoms with Crippen LogP contribution in [0.2, 0.25) is 0 Å². The molecule has 1 aliphatic rings. The average Bonchev–Trinajstić information content (AvgIpc) is 3.02. The highest BCUT2D eigenvalue weighted by molar-refractivity contribution is 5.76. The van der Waals surface area contributed by atoms with Crippen molar-refractivity contribution >= 4 is 5.97 Å². The normalized spacial score (nSPS) is 17.1. The molecule has 0 spiro atoms. The predicted octanol–water partition coefficient (Wildman–Crippen LogP) is 1.83. The van der Waals surface area contributed by atoms with Crippen LogP contribution < -0.4 is 5.73 Å². The second-order valence-corrected chi connectivity index (χ2v) is 4.18. The van der Waals surface area contributed by atoms with Crippen LogP contribution >= 0.6 is 0 Å². The zero-order valence-electron chi connectivity index (χ0n) is 8.82. The first kappa shape index (κ1) is 11.1. The van der Waals surface area contributed by atoms with Gasteiger partial charge in [-0.15, -0.1) is 0 Å². The Morgan fingerprint density at radius 2 is 2.25 bits per heavy atom. The molecule has 86 valence electrons. The van der Waals surface area contributed by atoms with E-state index in [0.29, 0.717) is 17.0 Å². The minimum atomic E-state index is -1.01. The molecule has 1 unspecified atom stereocenters. The Hall–Kier alpha value is -1.42. The van der Waals surface area contributed by atoms with Gasteiger partial charge >= 0.3 is 5.97 Å². The summed E-state index contributed by atoms with van der Waals surface area (Å²) in [5.41, 5.74) is 6.50. The second-order valence-electron chi connectivity index (χ2n) is 4.18. The van der Waals surface area contributed by atoms with E-state index in [2.05, 4.69) is 0 Å². The molecule has 0 aromatic heterocycles. The fourth-order valence-corrected chi connectivity index (χ4v) is 1.87. The van der Waals surface area contributed by atoms with E-state index in [1.54, 1.807) is 12.1 Å². The molecule has 0 heterocycles.